The molecule has 7 heteroatoms. The summed E-state index contributed by atoms with van der Waals surface area (Å²) in [6.45, 7) is 5.13. The van der Waals surface area contributed by atoms with E-state index in [0.717, 1.165) is 25.9 Å². The Kier molecular flexibility index (Phi) is 4.27. The first-order valence-electron chi connectivity index (χ1n) is 7.80. The van der Waals surface area contributed by atoms with Crippen molar-refractivity contribution in [2.24, 2.45) is 5.92 Å². The summed E-state index contributed by atoms with van der Waals surface area (Å²) in [5.74, 6) is -0.196. The SMILES string of the molecule is Cc1c(C(=O)OCC(=O)N2CCCC(C)C2)cnc2ccnn12. The average molecular weight is 316 g/mol. The van der Waals surface area contributed by atoms with Crippen molar-refractivity contribution < 1.29 is 14.3 Å². The van der Waals surface area contributed by atoms with Crippen LogP contribution in [0.1, 0.15) is 35.8 Å². The number of aryl methyl sites for hydroxylation is 1. The van der Waals surface area contributed by atoms with Crippen LogP contribution < -0.4 is 0 Å². The standard InChI is InChI=1S/C16H20N4O3/c1-11-4-3-7-19(9-11)15(21)10-23-16(22)13-8-17-14-5-6-18-20(14)12(13)2/h5-6,8,11H,3-4,7,9-10H2,1-2H3. The molecule has 1 saturated heterocycles. The second kappa shape index (κ2) is 6.36. The van der Waals surface area contributed by atoms with Crippen LogP contribution >= 0.6 is 0 Å². The quantitative estimate of drug-likeness (QED) is 0.801. The van der Waals surface area contributed by atoms with E-state index in [1.165, 1.54) is 6.20 Å². The van der Waals surface area contributed by atoms with Crippen LogP contribution in [0.2, 0.25) is 0 Å². The van der Waals surface area contributed by atoms with E-state index in [2.05, 4.69) is 17.0 Å². The molecule has 0 bridgehead atoms. The first kappa shape index (κ1) is 15.5. The number of carbonyl (C=O) groups is 2. The number of fused-ring (bicyclic) bond motifs is 1. The summed E-state index contributed by atoms with van der Waals surface area (Å²) < 4.78 is 6.75. The van der Waals surface area contributed by atoms with Crippen molar-refractivity contribution in [3.8, 4) is 0 Å². The molecule has 1 unspecified atom stereocenters. The largest absolute Gasteiger partial charge is 0.452 e. The number of piperidine rings is 1. The van der Waals surface area contributed by atoms with Crippen LogP contribution in [0.5, 0.6) is 0 Å². The summed E-state index contributed by atoms with van der Waals surface area (Å²) in [6, 6.07) is 1.75. The van der Waals surface area contributed by atoms with Gasteiger partial charge in [0, 0.05) is 25.4 Å². The maximum Gasteiger partial charge on any atom is 0.342 e. The van der Waals surface area contributed by atoms with Gasteiger partial charge in [-0.15, -0.1) is 0 Å². The fourth-order valence-corrected chi connectivity index (χ4v) is 2.90. The van der Waals surface area contributed by atoms with Gasteiger partial charge in [-0.1, -0.05) is 6.92 Å². The lowest BCUT2D eigenvalue weighted by molar-refractivity contribution is -0.136. The number of likely N-dealkylation sites (tertiary alicyclic amines) is 1. The van der Waals surface area contributed by atoms with Gasteiger partial charge < -0.3 is 9.64 Å². The fourth-order valence-electron chi connectivity index (χ4n) is 2.90. The highest BCUT2D eigenvalue weighted by molar-refractivity contribution is 5.92. The lowest BCUT2D eigenvalue weighted by Gasteiger charge is -2.30. The van der Waals surface area contributed by atoms with Gasteiger partial charge in [0.2, 0.25) is 0 Å². The molecule has 1 fully saturated rings. The molecule has 23 heavy (non-hydrogen) atoms. The summed E-state index contributed by atoms with van der Waals surface area (Å²) in [4.78, 5) is 30.3. The molecule has 0 spiro atoms. The molecule has 122 valence electrons. The number of hydrogen-bond donors (Lipinski definition) is 0. The van der Waals surface area contributed by atoms with Gasteiger partial charge in [-0.3, -0.25) is 4.79 Å². The predicted octanol–water partition coefficient (Wildman–Crippen LogP) is 1.45. The first-order chi connectivity index (χ1) is 11.1. The maximum absolute atomic E-state index is 12.2. The smallest absolute Gasteiger partial charge is 0.342 e. The van der Waals surface area contributed by atoms with Crippen LogP contribution in [0.4, 0.5) is 0 Å². The van der Waals surface area contributed by atoms with E-state index in [4.69, 9.17) is 4.74 Å². The molecule has 0 saturated carbocycles. The number of carbonyl (C=O) groups excluding carboxylic acids is 2. The zero-order chi connectivity index (χ0) is 16.4. The third-order valence-corrected chi connectivity index (χ3v) is 4.21. The monoisotopic (exact) mass is 316 g/mol. The molecule has 2 aromatic rings. The van der Waals surface area contributed by atoms with E-state index in [9.17, 15) is 9.59 Å². The van der Waals surface area contributed by atoms with Crippen molar-refractivity contribution in [3.05, 3.63) is 29.7 Å². The van der Waals surface area contributed by atoms with Gasteiger partial charge in [-0.2, -0.15) is 5.10 Å². The molecule has 1 aliphatic rings. The Hall–Kier alpha value is -2.44. The van der Waals surface area contributed by atoms with Gasteiger partial charge >= 0.3 is 5.97 Å². The van der Waals surface area contributed by atoms with Gasteiger partial charge in [0.1, 0.15) is 0 Å². The number of nitrogens with zero attached hydrogens (tertiary/aromatic N) is 4. The van der Waals surface area contributed by atoms with Crippen LogP contribution in [0.3, 0.4) is 0 Å². The van der Waals surface area contributed by atoms with Crippen molar-refractivity contribution in [1.29, 1.82) is 0 Å². The van der Waals surface area contributed by atoms with Crippen molar-refractivity contribution >= 4 is 17.5 Å². The average Bonchev–Trinajstić information content (AvgIpc) is 3.02. The van der Waals surface area contributed by atoms with E-state index < -0.39 is 5.97 Å². The summed E-state index contributed by atoms with van der Waals surface area (Å²) in [5, 5.41) is 4.11. The molecule has 1 amide bonds. The van der Waals surface area contributed by atoms with Crippen LogP contribution in [-0.4, -0.2) is 51.1 Å². The van der Waals surface area contributed by atoms with E-state index >= 15 is 0 Å². The predicted molar refractivity (Wildman–Crippen MR) is 83.0 cm³/mol. The van der Waals surface area contributed by atoms with E-state index in [-0.39, 0.29) is 12.5 Å². The van der Waals surface area contributed by atoms with E-state index in [1.54, 1.807) is 28.6 Å². The van der Waals surface area contributed by atoms with Gasteiger partial charge in [-0.25, -0.2) is 14.3 Å². The molecule has 0 aliphatic carbocycles. The summed E-state index contributed by atoms with van der Waals surface area (Å²) >= 11 is 0. The third kappa shape index (κ3) is 3.18. The highest BCUT2D eigenvalue weighted by Gasteiger charge is 2.22. The molecular weight excluding hydrogens is 296 g/mol. The Morgan fingerprint density at radius 1 is 1.43 bits per heavy atom. The Morgan fingerprint density at radius 3 is 3.04 bits per heavy atom. The highest BCUT2D eigenvalue weighted by atomic mass is 16.5. The zero-order valence-electron chi connectivity index (χ0n) is 13.4. The molecule has 7 nitrogen and oxygen atoms in total. The van der Waals surface area contributed by atoms with Crippen molar-refractivity contribution in [2.75, 3.05) is 19.7 Å². The van der Waals surface area contributed by atoms with Gasteiger partial charge in [-0.05, 0) is 25.7 Å². The highest BCUT2D eigenvalue weighted by Crippen LogP contribution is 2.16. The second-order valence-corrected chi connectivity index (χ2v) is 6.02. The van der Waals surface area contributed by atoms with Gasteiger partial charge in [0.05, 0.1) is 17.5 Å². The van der Waals surface area contributed by atoms with Gasteiger partial charge in [0.15, 0.2) is 12.3 Å². The summed E-state index contributed by atoms with van der Waals surface area (Å²) in [7, 11) is 0. The zero-order valence-corrected chi connectivity index (χ0v) is 13.4. The first-order valence-corrected chi connectivity index (χ1v) is 7.80. The molecule has 2 aromatic heterocycles. The van der Waals surface area contributed by atoms with Crippen molar-refractivity contribution in [2.45, 2.75) is 26.7 Å². The Balaban J connectivity index is 1.64. The minimum atomic E-state index is -0.550. The topological polar surface area (TPSA) is 76.8 Å². The van der Waals surface area contributed by atoms with Crippen molar-refractivity contribution in [3.63, 3.8) is 0 Å². The third-order valence-electron chi connectivity index (χ3n) is 4.21. The van der Waals surface area contributed by atoms with Crippen molar-refractivity contribution in [1.82, 2.24) is 19.5 Å². The van der Waals surface area contributed by atoms with Crippen LogP contribution in [0.15, 0.2) is 18.5 Å². The minimum absolute atomic E-state index is 0.143. The van der Waals surface area contributed by atoms with Gasteiger partial charge in [0.25, 0.3) is 5.91 Å². The number of amides is 1. The normalized spacial score (nSPS) is 18.2. The summed E-state index contributed by atoms with van der Waals surface area (Å²) in [6.07, 6.45) is 5.21. The molecule has 3 rings (SSSR count). The molecule has 1 aliphatic heterocycles. The number of rotatable bonds is 3. The Labute approximate surface area is 134 Å². The molecular formula is C16H20N4O3. The number of aromatic nitrogens is 3. The van der Waals surface area contributed by atoms with Crippen LogP contribution in [-0.2, 0) is 9.53 Å². The molecule has 3 heterocycles. The lowest BCUT2D eigenvalue weighted by atomic mass is 10.0. The molecule has 0 N–H and O–H groups in total. The Morgan fingerprint density at radius 2 is 2.26 bits per heavy atom. The minimum Gasteiger partial charge on any atom is -0.452 e. The fraction of sp³-hybridized carbons (Fsp3) is 0.500. The maximum atomic E-state index is 12.2. The van der Waals surface area contributed by atoms with Crippen LogP contribution in [0.25, 0.3) is 5.65 Å². The number of hydrogen-bond acceptors (Lipinski definition) is 5. The lowest BCUT2D eigenvalue weighted by Crippen LogP contribution is -2.41. The second-order valence-electron chi connectivity index (χ2n) is 6.02. The molecule has 1 atom stereocenters. The van der Waals surface area contributed by atoms with E-state index in [0.29, 0.717) is 22.8 Å². The number of ether oxygens (including phenoxy) is 1. The van der Waals surface area contributed by atoms with Crippen LogP contribution in [0, 0.1) is 12.8 Å². The van der Waals surface area contributed by atoms with E-state index in [1.807, 2.05) is 0 Å². The number of esters is 1. The summed E-state index contributed by atoms with van der Waals surface area (Å²) in [5.41, 5.74) is 1.63. The molecule has 0 radical (unpaired) electrons. The Bertz CT molecular complexity index is 740. The molecule has 0 aromatic carbocycles.